The Morgan fingerprint density at radius 1 is 1.00 bits per heavy atom. The van der Waals surface area contributed by atoms with Crippen molar-refractivity contribution in [2.75, 3.05) is 6.61 Å². The first-order valence-corrected chi connectivity index (χ1v) is 9.09. The smallest absolute Gasteiger partial charge is 0.0697 e. The zero-order valence-electron chi connectivity index (χ0n) is 13.5. The van der Waals surface area contributed by atoms with Gasteiger partial charge in [0.25, 0.3) is 0 Å². The van der Waals surface area contributed by atoms with Gasteiger partial charge in [-0.25, -0.2) is 0 Å². The van der Waals surface area contributed by atoms with Gasteiger partial charge in [0.1, 0.15) is 0 Å². The number of hydrogen-bond acceptors (Lipinski definition) is 2. The summed E-state index contributed by atoms with van der Waals surface area (Å²) in [5.41, 5.74) is 0.262. The van der Waals surface area contributed by atoms with Gasteiger partial charge < -0.3 is 10.1 Å². The molecule has 20 heavy (non-hydrogen) atoms. The first-order valence-electron chi connectivity index (χ1n) is 9.09. The monoisotopic (exact) mass is 279 g/mol. The van der Waals surface area contributed by atoms with Gasteiger partial charge in [-0.05, 0) is 50.4 Å². The second-order valence-corrected chi connectivity index (χ2v) is 7.89. The van der Waals surface area contributed by atoms with Crippen LogP contribution in [-0.4, -0.2) is 24.3 Å². The van der Waals surface area contributed by atoms with E-state index in [-0.39, 0.29) is 5.60 Å². The second kappa shape index (κ2) is 6.36. The van der Waals surface area contributed by atoms with Gasteiger partial charge in [-0.3, -0.25) is 0 Å². The lowest BCUT2D eigenvalue weighted by atomic mass is 9.77. The Morgan fingerprint density at radius 2 is 1.75 bits per heavy atom. The summed E-state index contributed by atoms with van der Waals surface area (Å²) in [5, 5.41) is 4.06. The van der Waals surface area contributed by atoms with Crippen LogP contribution in [0.25, 0.3) is 0 Å². The van der Waals surface area contributed by atoms with Gasteiger partial charge >= 0.3 is 0 Å². The molecule has 116 valence electrons. The summed E-state index contributed by atoms with van der Waals surface area (Å²) in [4.78, 5) is 0. The van der Waals surface area contributed by atoms with Gasteiger partial charge in [0.05, 0.1) is 5.60 Å². The molecular weight excluding hydrogens is 246 g/mol. The summed E-state index contributed by atoms with van der Waals surface area (Å²) < 4.78 is 6.18. The molecule has 3 atom stereocenters. The van der Waals surface area contributed by atoms with Crippen molar-refractivity contribution in [3.63, 3.8) is 0 Å². The van der Waals surface area contributed by atoms with E-state index in [0.29, 0.717) is 6.04 Å². The van der Waals surface area contributed by atoms with Crippen LogP contribution in [0.15, 0.2) is 0 Å². The van der Waals surface area contributed by atoms with Crippen molar-refractivity contribution in [3.05, 3.63) is 0 Å². The van der Waals surface area contributed by atoms with E-state index in [1.165, 1.54) is 64.2 Å². The van der Waals surface area contributed by atoms with E-state index < -0.39 is 0 Å². The SMILES string of the molecule is CC(C)C1CCCCC1NC1CCOC2(CCCC2)C1. The lowest BCUT2D eigenvalue weighted by Gasteiger charge is -2.43. The molecule has 0 amide bonds. The summed E-state index contributed by atoms with van der Waals surface area (Å²) in [6.45, 7) is 5.80. The van der Waals surface area contributed by atoms with E-state index in [4.69, 9.17) is 4.74 Å². The molecule has 1 saturated heterocycles. The molecule has 2 aliphatic carbocycles. The molecule has 3 unspecified atom stereocenters. The number of rotatable bonds is 3. The van der Waals surface area contributed by atoms with Crippen molar-refractivity contribution in [1.29, 1.82) is 0 Å². The molecule has 0 aromatic carbocycles. The third-order valence-corrected chi connectivity index (χ3v) is 6.13. The zero-order chi connectivity index (χ0) is 14.0. The molecule has 0 aromatic rings. The van der Waals surface area contributed by atoms with Gasteiger partial charge in [0, 0.05) is 18.7 Å². The fraction of sp³-hybridized carbons (Fsp3) is 1.00. The Bertz CT molecular complexity index is 309. The largest absolute Gasteiger partial charge is 0.375 e. The normalized spacial score (nSPS) is 37.6. The first kappa shape index (κ1) is 14.8. The van der Waals surface area contributed by atoms with Crippen LogP contribution < -0.4 is 5.32 Å². The predicted molar refractivity (Wildman–Crippen MR) is 83.9 cm³/mol. The summed E-state index contributed by atoms with van der Waals surface area (Å²) in [5.74, 6) is 1.72. The molecule has 3 aliphatic rings. The summed E-state index contributed by atoms with van der Waals surface area (Å²) in [6, 6.07) is 1.48. The maximum absolute atomic E-state index is 6.18. The van der Waals surface area contributed by atoms with Crippen LogP contribution in [0, 0.1) is 11.8 Å². The summed E-state index contributed by atoms with van der Waals surface area (Å²) in [7, 11) is 0. The topological polar surface area (TPSA) is 21.3 Å². The molecule has 0 aromatic heterocycles. The molecule has 2 saturated carbocycles. The van der Waals surface area contributed by atoms with E-state index in [1.54, 1.807) is 0 Å². The molecule has 3 fully saturated rings. The minimum Gasteiger partial charge on any atom is -0.375 e. The van der Waals surface area contributed by atoms with E-state index in [2.05, 4.69) is 19.2 Å². The lowest BCUT2D eigenvalue weighted by molar-refractivity contribution is -0.0861. The maximum atomic E-state index is 6.18. The molecule has 1 heterocycles. The highest BCUT2D eigenvalue weighted by atomic mass is 16.5. The van der Waals surface area contributed by atoms with Crippen molar-refractivity contribution in [1.82, 2.24) is 5.32 Å². The highest BCUT2D eigenvalue weighted by molar-refractivity contribution is 4.95. The van der Waals surface area contributed by atoms with Crippen LogP contribution in [0.1, 0.15) is 78.1 Å². The molecular formula is C18H33NO. The zero-order valence-corrected chi connectivity index (χ0v) is 13.5. The molecule has 1 aliphatic heterocycles. The molecule has 2 heteroatoms. The van der Waals surface area contributed by atoms with Crippen molar-refractivity contribution >= 4 is 0 Å². The van der Waals surface area contributed by atoms with Crippen molar-refractivity contribution in [3.8, 4) is 0 Å². The second-order valence-electron chi connectivity index (χ2n) is 7.89. The van der Waals surface area contributed by atoms with Crippen molar-refractivity contribution in [2.24, 2.45) is 11.8 Å². The van der Waals surface area contributed by atoms with Gasteiger partial charge in [-0.15, -0.1) is 0 Å². The van der Waals surface area contributed by atoms with Crippen LogP contribution in [-0.2, 0) is 4.74 Å². The number of ether oxygens (including phenoxy) is 1. The highest BCUT2D eigenvalue weighted by Gasteiger charge is 2.41. The van der Waals surface area contributed by atoms with Crippen LogP contribution >= 0.6 is 0 Å². The molecule has 0 radical (unpaired) electrons. The van der Waals surface area contributed by atoms with E-state index >= 15 is 0 Å². The quantitative estimate of drug-likeness (QED) is 0.832. The standard InChI is InChI=1S/C18H33NO/c1-14(2)16-7-3-4-8-17(16)19-15-9-12-20-18(13-15)10-5-6-11-18/h14-17,19H,3-13H2,1-2H3. The average molecular weight is 279 g/mol. The Balaban J connectivity index is 1.58. The van der Waals surface area contributed by atoms with Gasteiger partial charge in [-0.2, -0.15) is 0 Å². The van der Waals surface area contributed by atoms with E-state index in [0.717, 1.165) is 24.5 Å². The van der Waals surface area contributed by atoms with Crippen LogP contribution in [0.4, 0.5) is 0 Å². The van der Waals surface area contributed by atoms with Crippen LogP contribution in [0.5, 0.6) is 0 Å². The molecule has 1 spiro atoms. The van der Waals surface area contributed by atoms with Gasteiger partial charge in [0.15, 0.2) is 0 Å². The van der Waals surface area contributed by atoms with Crippen LogP contribution in [0.3, 0.4) is 0 Å². The van der Waals surface area contributed by atoms with E-state index in [9.17, 15) is 0 Å². The Kier molecular flexibility index (Phi) is 4.72. The maximum Gasteiger partial charge on any atom is 0.0697 e. The summed E-state index contributed by atoms with van der Waals surface area (Å²) >= 11 is 0. The Labute approximate surface area is 125 Å². The number of nitrogens with one attached hydrogen (secondary N) is 1. The minimum absolute atomic E-state index is 0.262. The fourth-order valence-electron chi connectivity index (χ4n) is 5.00. The Morgan fingerprint density at radius 3 is 2.50 bits per heavy atom. The molecule has 1 N–H and O–H groups in total. The minimum atomic E-state index is 0.262. The lowest BCUT2D eigenvalue weighted by Crippen LogP contribution is -2.51. The van der Waals surface area contributed by atoms with Crippen molar-refractivity contribution < 1.29 is 4.74 Å². The molecule has 3 rings (SSSR count). The highest BCUT2D eigenvalue weighted by Crippen LogP contribution is 2.40. The Hall–Kier alpha value is -0.0800. The number of hydrogen-bond donors (Lipinski definition) is 1. The average Bonchev–Trinajstić information content (AvgIpc) is 2.87. The van der Waals surface area contributed by atoms with Crippen LogP contribution in [0.2, 0.25) is 0 Å². The fourth-order valence-corrected chi connectivity index (χ4v) is 5.00. The van der Waals surface area contributed by atoms with Crippen molar-refractivity contribution in [2.45, 2.75) is 95.7 Å². The molecule has 2 nitrogen and oxygen atoms in total. The predicted octanol–water partition coefficient (Wildman–Crippen LogP) is 4.28. The first-order chi connectivity index (χ1) is 9.69. The third-order valence-electron chi connectivity index (χ3n) is 6.13. The van der Waals surface area contributed by atoms with E-state index in [1.807, 2.05) is 0 Å². The van der Waals surface area contributed by atoms with Gasteiger partial charge in [-0.1, -0.05) is 39.5 Å². The summed E-state index contributed by atoms with van der Waals surface area (Å²) in [6.07, 6.45) is 13.6. The molecule has 0 bridgehead atoms. The third kappa shape index (κ3) is 3.22. The van der Waals surface area contributed by atoms with Gasteiger partial charge in [0.2, 0.25) is 0 Å².